The van der Waals surface area contributed by atoms with E-state index in [1.165, 1.54) is 30.4 Å². The zero-order chi connectivity index (χ0) is 27.7. The van der Waals surface area contributed by atoms with Gasteiger partial charge in [-0.05, 0) is 59.7 Å². The Morgan fingerprint density at radius 2 is 1.45 bits per heavy atom. The van der Waals surface area contributed by atoms with Crippen LogP contribution in [0.4, 0.5) is 11.4 Å². The molecule has 5 rings (SSSR count). The Bertz CT molecular complexity index is 1630. The maximum absolute atomic E-state index is 13.0. The zero-order valence-corrected chi connectivity index (χ0v) is 21.0. The number of carboxylic acid groups (broad SMARTS) is 2. The Labute approximate surface area is 217 Å². The summed E-state index contributed by atoms with van der Waals surface area (Å²) in [5, 5.41) is 32.9. The molecule has 38 heavy (non-hydrogen) atoms. The highest BCUT2D eigenvalue weighted by molar-refractivity contribution is 6.54. The number of carbonyl (C=O) groups is 4. The average Bonchev–Trinajstić information content (AvgIpc) is 3.34. The lowest BCUT2D eigenvalue weighted by Crippen LogP contribution is -2.25. The van der Waals surface area contributed by atoms with Gasteiger partial charge in [0.05, 0.1) is 33.7 Å². The van der Waals surface area contributed by atoms with E-state index in [2.05, 4.69) is 10.3 Å². The molecule has 1 aliphatic carbocycles. The van der Waals surface area contributed by atoms with Crippen LogP contribution in [0.3, 0.4) is 0 Å². The lowest BCUT2D eigenvalue weighted by Gasteiger charge is -2.21. The number of carbonyl (C=O) groups excluding carboxylic acids is 2. The third-order valence-electron chi connectivity index (χ3n) is 7.46. The van der Waals surface area contributed by atoms with Crippen molar-refractivity contribution in [1.82, 2.24) is 0 Å². The van der Waals surface area contributed by atoms with Crippen molar-refractivity contribution in [1.29, 1.82) is 0 Å². The fourth-order valence-electron chi connectivity index (χ4n) is 5.01. The summed E-state index contributed by atoms with van der Waals surface area (Å²) in [5.74, 6) is -4.37. The first-order valence-corrected chi connectivity index (χ1v) is 11.8. The van der Waals surface area contributed by atoms with Crippen molar-refractivity contribution in [2.24, 2.45) is 4.99 Å². The number of fused-ring (bicyclic) bond motifs is 2. The van der Waals surface area contributed by atoms with Crippen molar-refractivity contribution in [3.8, 4) is 0 Å². The highest BCUT2D eigenvalue weighted by Crippen LogP contribution is 2.45. The standard InChI is InChI=1S/C29H24N2O7/c1-28(2)17-9-13(26(35)36)5-7-19(17)30-21(28)11-15-23(32)16(25(34)24(15)33)12-22-29(3,4)18-10-14(27(37)38)6-8-20(18)31-22/h5-12,30,32H,1-4H3,(H,35,36)(H,37,38)/b16-12-,21-11+. The molecular formula is C29H24N2O7. The van der Waals surface area contributed by atoms with Crippen LogP contribution in [0.15, 0.2) is 76.1 Å². The minimum atomic E-state index is -1.07. The molecule has 4 N–H and O–H groups in total. The van der Waals surface area contributed by atoms with Crippen molar-refractivity contribution in [2.45, 2.75) is 38.5 Å². The first-order valence-electron chi connectivity index (χ1n) is 11.8. The van der Waals surface area contributed by atoms with Crippen LogP contribution in [-0.4, -0.2) is 44.5 Å². The van der Waals surface area contributed by atoms with Crippen molar-refractivity contribution in [3.05, 3.63) is 93.4 Å². The predicted octanol–water partition coefficient (Wildman–Crippen LogP) is 4.62. The van der Waals surface area contributed by atoms with Crippen LogP contribution in [0.2, 0.25) is 0 Å². The molecule has 192 valence electrons. The van der Waals surface area contributed by atoms with Crippen molar-refractivity contribution < 1.29 is 34.5 Å². The van der Waals surface area contributed by atoms with Crippen LogP contribution >= 0.6 is 0 Å². The van der Waals surface area contributed by atoms with Crippen LogP contribution in [-0.2, 0) is 20.4 Å². The Morgan fingerprint density at radius 1 is 0.842 bits per heavy atom. The summed E-state index contributed by atoms with van der Waals surface area (Å²) >= 11 is 0. The molecule has 0 bridgehead atoms. The Hall–Kier alpha value is -4.79. The number of ketones is 2. The number of hydrogen-bond acceptors (Lipinski definition) is 7. The third kappa shape index (κ3) is 3.58. The van der Waals surface area contributed by atoms with Crippen LogP contribution in [0.1, 0.15) is 59.5 Å². The van der Waals surface area contributed by atoms with Gasteiger partial charge in [-0.1, -0.05) is 27.7 Å². The highest BCUT2D eigenvalue weighted by Gasteiger charge is 2.42. The molecule has 0 radical (unpaired) electrons. The van der Waals surface area contributed by atoms with Gasteiger partial charge in [0.1, 0.15) is 5.76 Å². The number of allylic oxidation sites excluding steroid dienone is 5. The van der Waals surface area contributed by atoms with E-state index in [-0.39, 0.29) is 22.3 Å². The van der Waals surface area contributed by atoms with Gasteiger partial charge in [0, 0.05) is 22.2 Å². The fraction of sp³-hybridized carbons (Fsp3) is 0.207. The molecule has 2 heterocycles. The quantitative estimate of drug-likeness (QED) is 0.342. The molecule has 2 aromatic rings. The van der Waals surface area contributed by atoms with Crippen LogP contribution in [0.25, 0.3) is 0 Å². The van der Waals surface area contributed by atoms with E-state index in [0.29, 0.717) is 33.9 Å². The third-order valence-corrected chi connectivity index (χ3v) is 7.46. The number of hydrogen-bond donors (Lipinski definition) is 4. The van der Waals surface area contributed by atoms with E-state index in [1.807, 2.05) is 27.7 Å². The molecule has 0 fully saturated rings. The topological polar surface area (TPSA) is 153 Å². The molecular weight excluding hydrogens is 488 g/mol. The lowest BCUT2D eigenvalue weighted by molar-refractivity contribution is -0.131. The summed E-state index contributed by atoms with van der Waals surface area (Å²) < 4.78 is 0. The van der Waals surface area contributed by atoms with Crippen molar-refractivity contribution >= 4 is 40.6 Å². The molecule has 0 saturated heterocycles. The number of nitrogens with zero attached hydrogens (tertiary/aromatic N) is 1. The van der Waals surface area contributed by atoms with Crippen LogP contribution in [0.5, 0.6) is 0 Å². The van der Waals surface area contributed by atoms with Crippen LogP contribution in [0, 0.1) is 0 Å². The second-order valence-electron chi connectivity index (χ2n) is 10.5. The molecule has 3 aliphatic rings. The van der Waals surface area contributed by atoms with Gasteiger partial charge in [-0.25, -0.2) is 9.59 Å². The predicted molar refractivity (Wildman–Crippen MR) is 139 cm³/mol. The molecule has 9 nitrogen and oxygen atoms in total. The molecule has 2 aliphatic heterocycles. The zero-order valence-electron chi connectivity index (χ0n) is 21.0. The van der Waals surface area contributed by atoms with E-state index in [9.17, 15) is 34.5 Å². The van der Waals surface area contributed by atoms with Crippen molar-refractivity contribution in [2.75, 3.05) is 5.32 Å². The second-order valence-corrected chi connectivity index (χ2v) is 10.5. The maximum Gasteiger partial charge on any atom is 0.335 e. The first kappa shape index (κ1) is 24.9. The van der Waals surface area contributed by atoms with Gasteiger partial charge >= 0.3 is 11.9 Å². The molecule has 0 unspecified atom stereocenters. The summed E-state index contributed by atoms with van der Waals surface area (Å²) in [6, 6.07) is 9.21. The minimum Gasteiger partial charge on any atom is -0.506 e. The number of anilines is 1. The lowest BCUT2D eigenvalue weighted by atomic mass is 9.80. The van der Waals surface area contributed by atoms with Crippen molar-refractivity contribution in [3.63, 3.8) is 0 Å². The van der Waals surface area contributed by atoms with Crippen LogP contribution < -0.4 is 5.32 Å². The van der Waals surface area contributed by atoms with E-state index in [4.69, 9.17) is 0 Å². The molecule has 0 amide bonds. The monoisotopic (exact) mass is 512 g/mol. The number of carboxylic acids is 2. The first-order chi connectivity index (χ1) is 17.7. The minimum absolute atomic E-state index is 0.104. The van der Waals surface area contributed by atoms with E-state index in [1.54, 1.807) is 18.2 Å². The van der Waals surface area contributed by atoms with Gasteiger partial charge in [-0.15, -0.1) is 0 Å². The van der Waals surface area contributed by atoms with Gasteiger partial charge in [0.15, 0.2) is 0 Å². The maximum atomic E-state index is 13.0. The van der Waals surface area contributed by atoms with E-state index >= 15 is 0 Å². The smallest absolute Gasteiger partial charge is 0.335 e. The Kier molecular flexibility index (Phi) is 5.31. The number of aliphatic imine (C=N–C) groups is 1. The number of aromatic carboxylic acids is 2. The molecule has 0 aromatic heterocycles. The van der Waals surface area contributed by atoms with Gasteiger partial charge in [-0.3, -0.25) is 14.6 Å². The molecule has 2 aromatic carbocycles. The van der Waals surface area contributed by atoms with E-state index < -0.39 is 40.1 Å². The number of aliphatic hydroxyl groups excluding tert-OH is 1. The number of benzene rings is 2. The molecule has 0 atom stereocenters. The second kappa shape index (κ2) is 8.11. The summed E-state index contributed by atoms with van der Waals surface area (Å²) in [6.45, 7) is 7.33. The molecule has 9 heteroatoms. The Morgan fingerprint density at radius 3 is 2.08 bits per heavy atom. The summed E-state index contributed by atoms with van der Waals surface area (Å²) in [7, 11) is 0. The number of aliphatic hydroxyl groups is 1. The highest BCUT2D eigenvalue weighted by atomic mass is 16.4. The molecule has 0 saturated carbocycles. The average molecular weight is 513 g/mol. The number of rotatable bonds is 4. The van der Waals surface area contributed by atoms with E-state index in [0.717, 1.165) is 0 Å². The number of Topliss-reactive ketones (excluding diaryl/α,β-unsaturated/α-hetero) is 2. The van der Waals surface area contributed by atoms with Gasteiger partial charge in [0.2, 0.25) is 11.6 Å². The summed E-state index contributed by atoms with van der Waals surface area (Å²) in [6.07, 6.45) is 2.80. The normalized spacial score (nSPS) is 21.0. The van der Waals surface area contributed by atoms with Gasteiger partial charge < -0.3 is 20.6 Å². The van der Waals surface area contributed by atoms with Gasteiger partial charge in [-0.2, -0.15) is 0 Å². The largest absolute Gasteiger partial charge is 0.506 e. The SMILES string of the molecule is CC1(C)C(/C=C2\C(=O)C(=O)C(/C=C3/Nc4ccc(C(=O)O)cc4C3(C)C)=C2O)=Nc2ccc(C(=O)O)cc21. The number of nitrogens with one attached hydrogen (secondary N) is 1. The summed E-state index contributed by atoms with van der Waals surface area (Å²) in [5.41, 5.74) is 1.84. The van der Waals surface area contributed by atoms with Gasteiger partial charge in [0.25, 0.3) is 0 Å². The fourth-order valence-corrected chi connectivity index (χ4v) is 5.01. The Balaban J connectivity index is 1.54. The summed E-state index contributed by atoms with van der Waals surface area (Å²) in [4.78, 5) is 53.3. The molecule has 0 spiro atoms.